The minimum atomic E-state index is 0.566. The number of hydrogen-bond donors (Lipinski definition) is 0. The van der Waals surface area contributed by atoms with Gasteiger partial charge in [0.15, 0.2) is 0 Å². The molecule has 1 aromatic rings. The van der Waals surface area contributed by atoms with E-state index in [0.717, 1.165) is 23.1 Å². The van der Waals surface area contributed by atoms with Crippen molar-refractivity contribution in [1.82, 2.24) is 0 Å². The number of halogens is 2. The lowest BCUT2D eigenvalue weighted by Gasteiger charge is -2.28. The van der Waals surface area contributed by atoms with Gasteiger partial charge in [-0.3, -0.25) is 0 Å². The smallest absolute Gasteiger partial charge is 0.0485 e. The van der Waals surface area contributed by atoms with Crippen LogP contribution in [0.4, 0.5) is 5.69 Å². The van der Waals surface area contributed by atoms with Crippen molar-refractivity contribution in [3.63, 3.8) is 0 Å². The summed E-state index contributed by atoms with van der Waals surface area (Å²) in [6, 6.07) is 6.44. The Bertz CT molecular complexity index is 339. The third-order valence-electron chi connectivity index (χ3n) is 2.56. The van der Waals surface area contributed by atoms with E-state index < -0.39 is 0 Å². The summed E-state index contributed by atoms with van der Waals surface area (Å²) in [4.78, 5) is 2.43. The summed E-state index contributed by atoms with van der Waals surface area (Å²) in [5.41, 5.74) is 2.46. The Balaban J connectivity index is 2.17. The van der Waals surface area contributed by atoms with E-state index in [1.807, 2.05) is 11.8 Å². The molecule has 1 fully saturated rings. The van der Waals surface area contributed by atoms with Gasteiger partial charge in [-0.05, 0) is 17.7 Å². The van der Waals surface area contributed by atoms with E-state index in [0.29, 0.717) is 5.88 Å². The van der Waals surface area contributed by atoms with Crippen LogP contribution in [0, 0.1) is 0 Å². The molecule has 4 heteroatoms. The van der Waals surface area contributed by atoms with Gasteiger partial charge in [0.25, 0.3) is 0 Å². The average Bonchev–Trinajstić information content (AvgIpc) is 2.30. The normalized spacial score (nSPS) is 16.8. The zero-order valence-electron chi connectivity index (χ0n) is 8.38. The highest BCUT2D eigenvalue weighted by Gasteiger charge is 2.11. The van der Waals surface area contributed by atoms with Crippen LogP contribution in [0.3, 0.4) is 0 Å². The van der Waals surface area contributed by atoms with E-state index in [9.17, 15) is 0 Å². The molecule has 1 saturated heterocycles. The van der Waals surface area contributed by atoms with Crippen LogP contribution in [0.25, 0.3) is 0 Å². The molecule has 1 heterocycles. The van der Waals surface area contributed by atoms with E-state index >= 15 is 0 Å². The maximum absolute atomic E-state index is 5.82. The fraction of sp³-hybridized carbons (Fsp3) is 0.455. The molecule has 1 aromatic carbocycles. The average molecular weight is 307 g/mol. The van der Waals surface area contributed by atoms with E-state index in [2.05, 4.69) is 39.0 Å². The Morgan fingerprint density at radius 3 is 2.67 bits per heavy atom. The third-order valence-corrected chi connectivity index (χ3v) is 4.53. The van der Waals surface area contributed by atoms with Gasteiger partial charge in [0.05, 0.1) is 0 Å². The number of alkyl halides is 1. The molecule has 15 heavy (non-hydrogen) atoms. The zero-order chi connectivity index (χ0) is 10.7. The van der Waals surface area contributed by atoms with E-state index in [1.165, 1.54) is 17.2 Å². The summed E-state index contributed by atoms with van der Waals surface area (Å²) >= 11 is 11.4. The summed E-state index contributed by atoms with van der Waals surface area (Å²) in [6.07, 6.45) is 0. The number of rotatable bonds is 2. The summed E-state index contributed by atoms with van der Waals surface area (Å²) < 4.78 is 1.12. The maximum atomic E-state index is 5.82. The minimum Gasteiger partial charge on any atom is -0.370 e. The standard InChI is InChI=1S/C11H13BrClNS/c12-11-7-10(2-1-9(11)8-13)14-3-5-15-6-4-14/h1-2,7H,3-6,8H2. The molecule has 2 rings (SSSR count). The first kappa shape index (κ1) is 11.6. The molecular weight excluding hydrogens is 294 g/mol. The SMILES string of the molecule is ClCc1ccc(N2CCSCC2)cc1Br. The van der Waals surface area contributed by atoms with Crippen molar-refractivity contribution in [3.05, 3.63) is 28.2 Å². The predicted molar refractivity (Wildman–Crippen MR) is 73.2 cm³/mol. The van der Waals surface area contributed by atoms with Crippen molar-refractivity contribution in [2.75, 3.05) is 29.5 Å². The van der Waals surface area contributed by atoms with Crippen molar-refractivity contribution in [1.29, 1.82) is 0 Å². The molecule has 1 aliphatic rings. The number of anilines is 1. The Hall–Kier alpha value is 0.140. The topological polar surface area (TPSA) is 3.24 Å². The van der Waals surface area contributed by atoms with Crippen LogP contribution in [0.2, 0.25) is 0 Å². The van der Waals surface area contributed by atoms with Gasteiger partial charge in [-0.2, -0.15) is 11.8 Å². The quantitative estimate of drug-likeness (QED) is 0.766. The second-order valence-corrected chi connectivity index (χ2v) is 5.86. The second-order valence-electron chi connectivity index (χ2n) is 3.51. The van der Waals surface area contributed by atoms with Gasteiger partial charge in [-0.15, -0.1) is 11.6 Å². The minimum absolute atomic E-state index is 0.566. The zero-order valence-corrected chi connectivity index (χ0v) is 11.5. The molecule has 0 saturated carbocycles. The number of nitrogens with zero attached hydrogens (tertiary/aromatic N) is 1. The van der Waals surface area contributed by atoms with Crippen LogP contribution in [0.1, 0.15) is 5.56 Å². The molecule has 82 valence electrons. The molecule has 0 bridgehead atoms. The molecular formula is C11H13BrClNS. The van der Waals surface area contributed by atoms with Crippen molar-refractivity contribution in [2.24, 2.45) is 0 Å². The Morgan fingerprint density at radius 1 is 1.33 bits per heavy atom. The molecule has 1 aliphatic heterocycles. The summed E-state index contributed by atoms with van der Waals surface area (Å²) in [5, 5.41) is 0. The van der Waals surface area contributed by atoms with Crippen LogP contribution in [0.5, 0.6) is 0 Å². The van der Waals surface area contributed by atoms with Gasteiger partial charge >= 0.3 is 0 Å². The van der Waals surface area contributed by atoms with E-state index in [4.69, 9.17) is 11.6 Å². The highest BCUT2D eigenvalue weighted by molar-refractivity contribution is 9.10. The summed E-state index contributed by atoms with van der Waals surface area (Å²) in [5.74, 6) is 3.03. The molecule has 0 amide bonds. The van der Waals surface area contributed by atoms with Gasteiger partial charge in [-0.25, -0.2) is 0 Å². The number of benzene rings is 1. The van der Waals surface area contributed by atoms with Crippen LogP contribution in [-0.2, 0) is 5.88 Å². The highest BCUT2D eigenvalue weighted by atomic mass is 79.9. The monoisotopic (exact) mass is 305 g/mol. The number of thioether (sulfide) groups is 1. The van der Waals surface area contributed by atoms with Crippen molar-refractivity contribution < 1.29 is 0 Å². The second kappa shape index (κ2) is 5.46. The van der Waals surface area contributed by atoms with Gasteiger partial charge in [0.2, 0.25) is 0 Å². The van der Waals surface area contributed by atoms with Gasteiger partial charge in [-0.1, -0.05) is 22.0 Å². The first-order valence-corrected chi connectivity index (χ1v) is 7.46. The first-order valence-electron chi connectivity index (χ1n) is 4.98. The molecule has 1 nitrogen and oxygen atoms in total. The van der Waals surface area contributed by atoms with Gasteiger partial charge < -0.3 is 4.90 Å². The number of hydrogen-bond acceptors (Lipinski definition) is 2. The van der Waals surface area contributed by atoms with E-state index in [-0.39, 0.29) is 0 Å². The first-order chi connectivity index (χ1) is 7.31. The lowest BCUT2D eigenvalue weighted by Crippen LogP contribution is -2.32. The predicted octanol–water partition coefficient (Wildman–Crippen LogP) is 3.74. The van der Waals surface area contributed by atoms with Gasteiger partial charge in [0, 0.05) is 40.6 Å². The van der Waals surface area contributed by atoms with Crippen LogP contribution in [-0.4, -0.2) is 24.6 Å². The summed E-state index contributed by atoms with van der Waals surface area (Å²) in [6.45, 7) is 2.30. The molecule has 0 spiro atoms. The van der Waals surface area contributed by atoms with E-state index in [1.54, 1.807) is 0 Å². The van der Waals surface area contributed by atoms with Crippen LogP contribution in [0.15, 0.2) is 22.7 Å². The molecule has 0 unspecified atom stereocenters. The highest BCUT2D eigenvalue weighted by Crippen LogP contribution is 2.26. The molecule has 0 atom stereocenters. The van der Waals surface area contributed by atoms with Crippen molar-refractivity contribution in [2.45, 2.75) is 5.88 Å². The maximum Gasteiger partial charge on any atom is 0.0485 e. The lowest BCUT2D eigenvalue weighted by atomic mass is 10.2. The Kier molecular flexibility index (Phi) is 4.23. The molecule has 0 aromatic heterocycles. The fourth-order valence-electron chi connectivity index (χ4n) is 1.66. The molecule has 0 aliphatic carbocycles. The Morgan fingerprint density at radius 2 is 2.07 bits per heavy atom. The Labute approximate surface area is 108 Å². The van der Waals surface area contributed by atoms with Crippen molar-refractivity contribution >= 4 is 45.0 Å². The molecule has 0 N–H and O–H groups in total. The lowest BCUT2D eigenvalue weighted by molar-refractivity contribution is 0.858. The third kappa shape index (κ3) is 2.83. The fourth-order valence-corrected chi connectivity index (χ4v) is 3.47. The van der Waals surface area contributed by atoms with Gasteiger partial charge in [0.1, 0.15) is 0 Å². The van der Waals surface area contributed by atoms with Crippen LogP contribution < -0.4 is 4.90 Å². The molecule has 0 radical (unpaired) electrons. The van der Waals surface area contributed by atoms with Crippen molar-refractivity contribution in [3.8, 4) is 0 Å². The largest absolute Gasteiger partial charge is 0.370 e. The summed E-state index contributed by atoms with van der Waals surface area (Å²) in [7, 11) is 0. The van der Waals surface area contributed by atoms with Crippen LogP contribution >= 0.6 is 39.3 Å².